The van der Waals surface area contributed by atoms with E-state index in [1.54, 1.807) is 13.0 Å². The first-order chi connectivity index (χ1) is 18.4. The maximum Gasteiger partial charge on any atom is 0.264 e. The van der Waals surface area contributed by atoms with E-state index in [4.69, 9.17) is 9.84 Å². The van der Waals surface area contributed by atoms with Crippen LogP contribution in [0.3, 0.4) is 0 Å². The number of alkyl halides is 2. The fourth-order valence-electron chi connectivity index (χ4n) is 6.18. The zero-order chi connectivity index (χ0) is 26.4. The Morgan fingerprint density at radius 2 is 1.84 bits per heavy atom. The number of aryl methyl sites for hydroxylation is 2. The molecular weight excluding hydrogens is 486 g/mol. The number of benzene rings is 2. The molecule has 2 aromatic carbocycles. The molecule has 1 saturated heterocycles. The molecule has 0 aliphatic carbocycles. The highest BCUT2D eigenvalue weighted by molar-refractivity contribution is 5.78. The minimum Gasteiger partial charge on any atom is -0.381 e. The van der Waals surface area contributed by atoms with Crippen molar-refractivity contribution < 1.29 is 18.3 Å². The predicted molar refractivity (Wildman–Crippen MR) is 143 cm³/mol. The van der Waals surface area contributed by atoms with E-state index in [0.29, 0.717) is 38.4 Å². The van der Waals surface area contributed by atoms with Crippen LogP contribution in [-0.4, -0.2) is 46.9 Å². The van der Waals surface area contributed by atoms with Gasteiger partial charge in [-0.2, -0.15) is 5.10 Å². The van der Waals surface area contributed by atoms with E-state index in [9.17, 15) is 13.6 Å². The molecule has 3 aliphatic rings. The number of aromatic nitrogens is 2. The number of rotatable bonds is 4. The number of hydrogen-bond acceptors (Lipinski definition) is 4. The topological polar surface area (TPSA) is 50.6 Å². The van der Waals surface area contributed by atoms with Crippen LogP contribution in [0.2, 0.25) is 0 Å². The number of hydrogen-bond donors (Lipinski definition) is 0. The fourth-order valence-corrected chi connectivity index (χ4v) is 6.18. The molecule has 0 bridgehead atoms. The molecule has 1 fully saturated rings. The molecule has 1 aromatic heterocycles. The summed E-state index contributed by atoms with van der Waals surface area (Å²) in [4.78, 5) is 16.3. The summed E-state index contributed by atoms with van der Waals surface area (Å²) in [5, 5.41) is 5.16. The normalized spacial score (nSPS) is 18.0. The fraction of sp³-hybridized carbons (Fsp3) is 0.467. The van der Waals surface area contributed by atoms with E-state index < -0.39 is 6.43 Å². The van der Waals surface area contributed by atoms with E-state index in [1.165, 1.54) is 5.69 Å². The highest BCUT2D eigenvalue weighted by Gasteiger charge is 2.34. The Balaban J connectivity index is 1.47. The van der Waals surface area contributed by atoms with E-state index in [2.05, 4.69) is 9.58 Å². The van der Waals surface area contributed by atoms with Gasteiger partial charge in [0.05, 0.1) is 12.6 Å². The van der Waals surface area contributed by atoms with Crippen LogP contribution < -0.4 is 4.90 Å². The van der Waals surface area contributed by atoms with Crippen LogP contribution in [-0.2, 0) is 28.9 Å². The second-order valence-corrected chi connectivity index (χ2v) is 10.7. The Labute approximate surface area is 222 Å². The smallest absolute Gasteiger partial charge is 0.264 e. The molecule has 0 saturated carbocycles. The molecule has 0 unspecified atom stereocenters. The van der Waals surface area contributed by atoms with Crippen LogP contribution in [0.25, 0.3) is 11.1 Å². The lowest BCUT2D eigenvalue weighted by Gasteiger charge is -2.33. The van der Waals surface area contributed by atoms with Crippen molar-refractivity contribution in [3.63, 3.8) is 0 Å². The number of fused-ring (bicyclic) bond motifs is 2. The van der Waals surface area contributed by atoms with Crippen molar-refractivity contribution in [3.05, 3.63) is 64.3 Å². The Kier molecular flexibility index (Phi) is 6.68. The number of carbonyl (C=O) groups is 1. The molecule has 0 radical (unpaired) electrons. The molecule has 4 heterocycles. The van der Waals surface area contributed by atoms with Gasteiger partial charge in [-0.1, -0.05) is 29.8 Å². The molecule has 3 aliphatic heterocycles. The third-order valence-electron chi connectivity index (χ3n) is 8.27. The van der Waals surface area contributed by atoms with Crippen LogP contribution in [0.5, 0.6) is 0 Å². The Morgan fingerprint density at radius 1 is 1.08 bits per heavy atom. The van der Waals surface area contributed by atoms with E-state index >= 15 is 0 Å². The van der Waals surface area contributed by atoms with Gasteiger partial charge >= 0.3 is 0 Å². The summed E-state index contributed by atoms with van der Waals surface area (Å²) in [6.07, 6.45) is 1.68. The first kappa shape index (κ1) is 25.0. The van der Waals surface area contributed by atoms with Crippen molar-refractivity contribution in [3.8, 4) is 11.1 Å². The maximum atomic E-state index is 14.5. The molecule has 8 heteroatoms. The van der Waals surface area contributed by atoms with Gasteiger partial charge in [0.15, 0.2) is 5.82 Å². The lowest BCUT2D eigenvalue weighted by Crippen LogP contribution is -2.36. The quantitative estimate of drug-likeness (QED) is 0.415. The van der Waals surface area contributed by atoms with Crippen LogP contribution in [0.1, 0.15) is 66.6 Å². The average Bonchev–Trinajstić information content (AvgIpc) is 3.31. The van der Waals surface area contributed by atoms with Crippen LogP contribution in [0.15, 0.2) is 36.4 Å². The highest BCUT2D eigenvalue weighted by atomic mass is 19.3. The van der Waals surface area contributed by atoms with Gasteiger partial charge in [0, 0.05) is 62.2 Å². The summed E-state index contributed by atoms with van der Waals surface area (Å²) in [7, 11) is 0. The second kappa shape index (κ2) is 10.1. The van der Waals surface area contributed by atoms with Gasteiger partial charge in [0.25, 0.3) is 6.43 Å². The minimum absolute atomic E-state index is 0.0437. The summed E-state index contributed by atoms with van der Waals surface area (Å²) < 4.78 is 36.7. The summed E-state index contributed by atoms with van der Waals surface area (Å²) in [5.74, 6) is 0.851. The number of carbonyl (C=O) groups excluding carboxylic acids is 1. The predicted octanol–water partition coefficient (Wildman–Crippen LogP) is 6.14. The Morgan fingerprint density at radius 3 is 2.55 bits per heavy atom. The van der Waals surface area contributed by atoms with Crippen molar-refractivity contribution >= 4 is 17.4 Å². The van der Waals surface area contributed by atoms with Crippen LogP contribution in [0, 0.1) is 6.92 Å². The van der Waals surface area contributed by atoms with Crippen molar-refractivity contribution in [2.24, 2.45) is 0 Å². The average molecular weight is 521 g/mol. The number of anilines is 2. The van der Waals surface area contributed by atoms with E-state index in [-0.39, 0.29) is 17.5 Å². The van der Waals surface area contributed by atoms with Gasteiger partial charge in [-0.3, -0.25) is 9.48 Å². The van der Waals surface area contributed by atoms with Gasteiger partial charge in [-0.25, -0.2) is 8.78 Å². The third kappa shape index (κ3) is 4.49. The van der Waals surface area contributed by atoms with Crippen LogP contribution >= 0.6 is 0 Å². The minimum atomic E-state index is -2.60. The molecule has 200 valence electrons. The summed E-state index contributed by atoms with van der Waals surface area (Å²) in [6, 6.07) is 11.7. The first-order valence-electron chi connectivity index (χ1n) is 13.6. The molecule has 38 heavy (non-hydrogen) atoms. The standard InChI is InChI=1S/C30H34F2N4O2/c1-19-5-7-21(8-6-19)24-16-22-4-3-12-35(28(22)17-25(24)29(31)32)30-26-18-34(20(2)37)13-9-27(26)36(33-30)23-10-14-38-15-11-23/h5-8,16-17,23,29H,3-4,9-15,18H2,1-2H3. The van der Waals surface area contributed by atoms with Crippen molar-refractivity contribution in [2.45, 2.75) is 65.0 Å². The van der Waals surface area contributed by atoms with Gasteiger partial charge in [-0.05, 0) is 61.4 Å². The van der Waals surface area contributed by atoms with Crippen molar-refractivity contribution in [2.75, 3.05) is 31.2 Å². The highest BCUT2D eigenvalue weighted by Crippen LogP contribution is 2.43. The molecule has 1 amide bonds. The maximum absolute atomic E-state index is 14.5. The molecule has 0 spiro atoms. The largest absolute Gasteiger partial charge is 0.381 e. The monoisotopic (exact) mass is 520 g/mol. The zero-order valence-corrected chi connectivity index (χ0v) is 22.1. The number of ether oxygens (including phenoxy) is 1. The summed E-state index contributed by atoms with van der Waals surface area (Å²) in [6.45, 7) is 6.89. The lowest BCUT2D eigenvalue weighted by atomic mass is 9.91. The van der Waals surface area contributed by atoms with Crippen molar-refractivity contribution in [1.82, 2.24) is 14.7 Å². The first-order valence-corrected chi connectivity index (χ1v) is 13.6. The molecular formula is C30H34F2N4O2. The summed E-state index contributed by atoms with van der Waals surface area (Å²) in [5.41, 5.74) is 6.63. The van der Waals surface area contributed by atoms with Gasteiger partial charge in [0.1, 0.15) is 0 Å². The molecule has 0 N–H and O–H groups in total. The van der Waals surface area contributed by atoms with Gasteiger partial charge in [0.2, 0.25) is 5.91 Å². The number of nitrogens with zero attached hydrogens (tertiary/aromatic N) is 4. The summed E-state index contributed by atoms with van der Waals surface area (Å²) >= 11 is 0. The Hall–Kier alpha value is -3.26. The molecule has 0 atom stereocenters. The van der Waals surface area contributed by atoms with Crippen LogP contribution in [0.4, 0.5) is 20.3 Å². The Bertz CT molecular complexity index is 1350. The number of halogens is 2. The van der Waals surface area contributed by atoms with Gasteiger partial charge < -0.3 is 14.5 Å². The van der Waals surface area contributed by atoms with E-state index in [1.807, 2.05) is 42.2 Å². The third-order valence-corrected chi connectivity index (χ3v) is 8.27. The lowest BCUT2D eigenvalue weighted by molar-refractivity contribution is -0.129. The molecule has 6 rings (SSSR count). The SMILES string of the molecule is CC(=O)N1CCc2c(c(N3CCCc4cc(-c5ccc(C)cc5)c(C(F)F)cc43)nn2C2CCOCC2)C1. The molecule has 3 aromatic rings. The second-order valence-electron chi connectivity index (χ2n) is 10.7. The van der Waals surface area contributed by atoms with Gasteiger partial charge in [-0.15, -0.1) is 0 Å². The zero-order valence-electron chi connectivity index (χ0n) is 22.1. The molecule has 6 nitrogen and oxygen atoms in total. The van der Waals surface area contributed by atoms with E-state index in [0.717, 1.165) is 65.9 Å². The number of amides is 1. The van der Waals surface area contributed by atoms with Crippen molar-refractivity contribution in [1.29, 1.82) is 0 Å².